The number of nitrogens with zero attached hydrogens (tertiary/aromatic N) is 1. The standard InChI is InChI=1S/C25H27N3O5/c1-4-32-19-11-7-17(8-12-19)23-22-20(14-33-24(22)30)28(25(31)27-23)13-21(29)26-18-9-5-16(6-10-18)15(2)3/h5-12,15,23H,4,13-14H2,1-3H3,(H,26,29)(H,27,31)/t23-/m0/s1. The van der Waals surface area contributed by atoms with E-state index in [2.05, 4.69) is 24.5 Å². The molecule has 2 aliphatic heterocycles. The van der Waals surface area contributed by atoms with Gasteiger partial charge in [-0.1, -0.05) is 38.1 Å². The molecule has 2 heterocycles. The number of urea groups is 1. The van der Waals surface area contributed by atoms with Gasteiger partial charge < -0.3 is 20.1 Å². The van der Waals surface area contributed by atoms with Crippen molar-refractivity contribution in [2.75, 3.05) is 25.1 Å². The molecule has 8 heteroatoms. The molecule has 4 rings (SSSR count). The molecule has 33 heavy (non-hydrogen) atoms. The highest BCUT2D eigenvalue weighted by atomic mass is 16.5. The molecule has 3 amide bonds. The molecule has 0 fully saturated rings. The maximum absolute atomic E-state index is 12.9. The van der Waals surface area contributed by atoms with E-state index in [4.69, 9.17) is 9.47 Å². The van der Waals surface area contributed by atoms with Gasteiger partial charge in [0.1, 0.15) is 18.9 Å². The van der Waals surface area contributed by atoms with E-state index in [0.29, 0.717) is 35.2 Å². The van der Waals surface area contributed by atoms with Crippen LogP contribution >= 0.6 is 0 Å². The van der Waals surface area contributed by atoms with Crippen LogP contribution < -0.4 is 15.4 Å². The largest absolute Gasteiger partial charge is 0.494 e. The molecule has 172 valence electrons. The second-order valence-electron chi connectivity index (χ2n) is 8.23. The van der Waals surface area contributed by atoms with E-state index in [9.17, 15) is 14.4 Å². The Balaban J connectivity index is 1.52. The Bertz CT molecular complexity index is 1090. The third-order valence-electron chi connectivity index (χ3n) is 5.69. The number of benzene rings is 2. The van der Waals surface area contributed by atoms with Crippen molar-refractivity contribution >= 4 is 23.6 Å². The van der Waals surface area contributed by atoms with Gasteiger partial charge in [-0.05, 0) is 48.2 Å². The smallest absolute Gasteiger partial charge is 0.338 e. The fourth-order valence-electron chi connectivity index (χ4n) is 3.95. The number of hydrogen-bond acceptors (Lipinski definition) is 5. The number of carbonyl (C=O) groups is 3. The number of rotatable bonds is 7. The molecule has 0 bridgehead atoms. The lowest BCUT2D eigenvalue weighted by Gasteiger charge is -2.32. The maximum atomic E-state index is 12.9. The van der Waals surface area contributed by atoms with Gasteiger partial charge in [0.25, 0.3) is 0 Å². The Hall–Kier alpha value is -3.81. The van der Waals surface area contributed by atoms with Gasteiger partial charge in [0.2, 0.25) is 5.91 Å². The van der Waals surface area contributed by atoms with E-state index in [1.165, 1.54) is 10.5 Å². The van der Waals surface area contributed by atoms with Crippen molar-refractivity contribution in [3.8, 4) is 5.75 Å². The first-order valence-corrected chi connectivity index (χ1v) is 11.0. The molecule has 0 saturated carbocycles. The van der Waals surface area contributed by atoms with Crippen LogP contribution in [-0.4, -0.2) is 42.6 Å². The van der Waals surface area contributed by atoms with Crippen LogP contribution in [-0.2, 0) is 14.3 Å². The average Bonchev–Trinajstić information content (AvgIpc) is 3.18. The van der Waals surface area contributed by atoms with Crippen molar-refractivity contribution in [2.24, 2.45) is 0 Å². The van der Waals surface area contributed by atoms with Crippen LogP contribution in [0.1, 0.15) is 43.9 Å². The lowest BCUT2D eigenvalue weighted by atomic mass is 9.95. The highest BCUT2D eigenvalue weighted by Crippen LogP contribution is 2.35. The first-order valence-electron chi connectivity index (χ1n) is 11.0. The van der Waals surface area contributed by atoms with Crippen molar-refractivity contribution in [3.63, 3.8) is 0 Å². The maximum Gasteiger partial charge on any atom is 0.338 e. The molecule has 2 aliphatic rings. The number of ether oxygens (including phenoxy) is 2. The van der Waals surface area contributed by atoms with Gasteiger partial charge in [-0.3, -0.25) is 9.69 Å². The number of hydrogen-bond donors (Lipinski definition) is 2. The monoisotopic (exact) mass is 449 g/mol. The lowest BCUT2D eigenvalue weighted by Crippen LogP contribution is -2.49. The van der Waals surface area contributed by atoms with Crippen LogP contribution in [0.3, 0.4) is 0 Å². The molecule has 1 atom stereocenters. The SMILES string of the molecule is CCOc1ccc([C@@H]2NC(=O)N(CC(=O)Nc3ccc(C(C)C)cc3)C3=C2C(=O)OC3)cc1. The first kappa shape index (κ1) is 22.4. The summed E-state index contributed by atoms with van der Waals surface area (Å²) in [4.78, 5) is 39.3. The quantitative estimate of drug-likeness (QED) is 0.628. The summed E-state index contributed by atoms with van der Waals surface area (Å²) in [7, 11) is 0. The molecule has 2 aromatic carbocycles. The van der Waals surface area contributed by atoms with E-state index in [1.807, 2.05) is 31.2 Å². The molecule has 0 aromatic heterocycles. The average molecular weight is 450 g/mol. The summed E-state index contributed by atoms with van der Waals surface area (Å²) >= 11 is 0. The summed E-state index contributed by atoms with van der Waals surface area (Å²) < 4.78 is 10.7. The molecule has 0 saturated heterocycles. The summed E-state index contributed by atoms with van der Waals surface area (Å²) in [6.07, 6.45) is 0. The lowest BCUT2D eigenvalue weighted by molar-refractivity contribution is -0.136. The topological polar surface area (TPSA) is 97.0 Å². The van der Waals surface area contributed by atoms with E-state index in [0.717, 1.165) is 5.56 Å². The number of carbonyl (C=O) groups excluding carboxylic acids is 3. The minimum Gasteiger partial charge on any atom is -0.494 e. The fraction of sp³-hybridized carbons (Fsp3) is 0.320. The predicted octanol–water partition coefficient (Wildman–Crippen LogP) is 3.72. The second kappa shape index (κ2) is 9.36. The van der Waals surface area contributed by atoms with Gasteiger partial charge in [0.15, 0.2) is 0 Å². The van der Waals surface area contributed by atoms with Gasteiger partial charge in [0.05, 0.1) is 23.9 Å². The van der Waals surface area contributed by atoms with Gasteiger partial charge in [0, 0.05) is 5.69 Å². The van der Waals surface area contributed by atoms with Crippen LogP contribution in [0.15, 0.2) is 59.8 Å². The Labute approximate surface area is 192 Å². The zero-order valence-electron chi connectivity index (χ0n) is 18.9. The van der Waals surface area contributed by atoms with Gasteiger partial charge >= 0.3 is 12.0 Å². The van der Waals surface area contributed by atoms with Crippen molar-refractivity contribution < 1.29 is 23.9 Å². The summed E-state index contributed by atoms with van der Waals surface area (Å²) in [5.41, 5.74) is 3.29. The summed E-state index contributed by atoms with van der Waals surface area (Å²) in [5.74, 6) is 0.221. The zero-order valence-corrected chi connectivity index (χ0v) is 18.9. The highest BCUT2D eigenvalue weighted by Gasteiger charge is 2.42. The Morgan fingerprint density at radius 1 is 1.15 bits per heavy atom. The van der Waals surface area contributed by atoms with Crippen LogP contribution in [0.4, 0.5) is 10.5 Å². The minimum atomic E-state index is -0.652. The normalized spacial score (nSPS) is 17.6. The Morgan fingerprint density at radius 2 is 1.85 bits per heavy atom. The number of anilines is 1. The number of cyclic esters (lactones) is 1. The van der Waals surface area contributed by atoms with Crippen molar-refractivity contribution in [1.29, 1.82) is 0 Å². The second-order valence-corrected chi connectivity index (χ2v) is 8.23. The molecule has 2 aromatic rings. The summed E-state index contributed by atoms with van der Waals surface area (Å²) in [6, 6.07) is 13.6. The molecular formula is C25H27N3O5. The summed E-state index contributed by atoms with van der Waals surface area (Å²) in [6.45, 7) is 6.35. The third-order valence-corrected chi connectivity index (χ3v) is 5.69. The molecular weight excluding hydrogens is 422 g/mol. The van der Waals surface area contributed by atoms with Crippen molar-refractivity contribution in [1.82, 2.24) is 10.2 Å². The molecule has 0 spiro atoms. The molecule has 0 radical (unpaired) electrons. The zero-order chi connectivity index (χ0) is 23.5. The summed E-state index contributed by atoms with van der Waals surface area (Å²) in [5, 5.41) is 5.64. The van der Waals surface area contributed by atoms with Gasteiger partial charge in [-0.15, -0.1) is 0 Å². The highest BCUT2D eigenvalue weighted by molar-refractivity contribution is 6.00. The molecule has 0 unspecified atom stereocenters. The molecule has 2 N–H and O–H groups in total. The van der Waals surface area contributed by atoms with Crippen molar-refractivity contribution in [2.45, 2.75) is 32.7 Å². The van der Waals surface area contributed by atoms with Crippen LogP contribution in [0, 0.1) is 0 Å². The third kappa shape index (κ3) is 4.69. The van der Waals surface area contributed by atoms with Crippen LogP contribution in [0.2, 0.25) is 0 Å². The van der Waals surface area contributed by atoms with Crippen LogP contribution in [0.5, 0.6) is 5.75 Å². The van der Waals surface area contributed by atoms with Gasteiger partial charge in [-0.2, -0.15) is 0 Å². The van der Waals surface area contributed by atoms with Crippen LogP contribution in [0.25, 0.3) is 0 Å². The molecule has 0 aliphatic carbocycles. The fourth-order valence-corrected chi connectivity index (χ4v) is 3.95. The molecule has 8 nitrogen and oxygen atoms in total. The van der Waals surface area contributed by atoms with Gasteiger partial charge in [-0.25, -0.2) is 9.59 Å². The number of esters is 1. The van der Waals surface area contributed by atoms with Crippen molar-refractivity contribution in [3.05, 3.63) is 70.9 Å². The Morgan fingerprint density at radius 3 is 2.48 bits per heavy atom. The Kier molecular flexibility index (Phi) is 6.35. The number of amides is 3. The van der Waals surface area contributed by atoms with E-state index < -0.39 is 18.0 Å². The number of nitrogens with one attached hydrogen (secondary N) is 2. The minimum absolute atomic E-state index is 0.0501. The van der Waals surface area contributed by atoms with E-state index >= 15 is 0 Å². The predicted molar refractivity (Wildman–Crippen MR) is 123 cm³/mol. The first-order chi connectivity index (χ1) is 15.9. The van der Waals surface area contributed by atoms with E-state index in [-0.39, 0.29) is 19.1 Å². The van der Waals surface area contributed by atoms with E-state index in [1.54, 1.807) is 24.3 Å².